The highest BCUT2D eigenvalue weighted by Crippen LogP contribution is 2.33. The van der Waals surface area contributed by atoms with Crippen LogP contribution in [-0.2, 0) is 17.7 Å². The number of rotatable bonds is 6. The molecule has 1 aromatic heterocycles. The fourth-order valence-electron chi connectivity index (χ4n) is 3.94. The molecule has 0 aliphatic carbocycles. The first-order chi connectivity index (χ1) is 15.7. The third kappa shape index (κ3) is 5.34. The van der Waals surface area contributed by atoms with Gasteiger partial charge in [0.1, 0.15) is 0 Å². The maximum atomic E-state index is 6.52. The quantitative estimate of drug-likeness (QED) is 0.266. The lowest BCUT2D eigenvalue weighted by Gasteiger charge is -2.22. The zero-order valence-corrected chi connectivity index (χ0v) is 21.5. The van der Waals surface area contributed by atoms with E-state index in [1.54, 1.807) is 11.8 Å². The molecule has 0 atom stereocenters. The second kappa shape index (κ2) is 9.74. The van der Waals surface area contributed by atoms with Gasteiger partial charge in [-0.3, -0.25) is 4.57 Å². The maximum absolute atomic E-state index is 6.52. The summed E-state index contributed by atoms with van der Waals surface area (Å²) in [6.45, 7) is 11.9. The molecule has 0 bridgehead atoms. The Kier molecular flexibility index (Phi) is 6.96. The predicted molar refractivity (Wildman–Crippen MR) is 140 cm³/mol. The third-order valence-electron chi connectivity index (χ3n) is 5.92. The van der Waals surface area contributed by atoms with Gasteiger partial charge < -0.3 is 0 Å². The van der Waals surface area contributed by atoms with Crippen molar-refractivity contribution >= 4 is 23.4 Å². The number of benzene rings is 3. The van der Waals surface area contributed by atoms with Crippen LogP contribution < -0.4 is 0 Å². The average Bonchev–Trinajstić information content (AvgIpc) is 3.15. The van der Waals surface area contributed by atoms with Crippen LogP contribution in [0.2, 0.25) is 5.02 Å². The van der Waals surface area contributed by atoms with Gasteiger partial charge >= 0.3 is 0 Å². The molecule has 0 aliphatic heterocycles. The highest BCUT2D eigenvalue weighted by molar-refractivity contribution is 7.98. The molecule has 1 heterocycles. The SMILES string of the molecule is Cc1cc(C(C)(C)C)cc(C)c1CSc1nnc(-c2ccccc2Cl)n1Cc1ccccc1. The smallest absolute Gasteiger partial charge is 0.192 e. The highest BCUT2D eigenvalue weighted by atomic mass is 35.5. The summed E-state index contributed by atoms with van der Waals surface area (Å²) in [7, 11) is 0. The average molecular weight is 476 g/mol. The molecule has 0 fully saturated rings. The number of aryl methyl sites for hydroxylation is 2. The van der Waals surface area contributed by atoms with E-state index in [2.05, 4.69) is 85.8 Å². The first-order valence-electron chi connectivity index (χ1n) is 11.2. The second-order valence-corrected chi connectivity index (χ2v) is 10.8. The van der Waals surface area contributed by atoms with E-state index in [0.29, 0.717) is 11.6 Å². The molecule has 33 heavy (non-hydrogen) atoms. The number of hydrogen-bond donors (Lipinski definition) is 0. The number of aromatic nitrogens is 3. The van der Waals surface area contributed by atoms with E-state index in [9.17, 15) is 0 Å². The molecule has 0 spiro atoms. The Morgan fingerprint density at radius 1 is 0.879 bits per heavy atom. The standard InChI is InChI=1S/C28H30ClN3S/c1-19-15-22(28(3,4)5)16-20(2)24(19)18-33-27-31-30-26(23-13-9-10-14-25(23)29)32(27)17-21-11-7-6-8-12-21/h6-16H,17-18H2,1-5H3. The van der Waals surface area contributed by atoms with E-state index in [1.807, 2.05) is 30.3 Å². The summed E-state index contributed by atoms with van der Waals surface area (Å²) in [4.78, 5) is 0. The van der Waals surface area contributed by atoms with Crippen LogP contribution >= 0.6 is 23.4 Å². The normalized spacial score (nSPS) is 11.7. The Labute approximate surface area is 206 Å². The van der Waals surface area contributed by atoms with Crippen molar-refractivity contribution in [3.63, 3.8) is 0 Å². The van der Waals surface area contributed by atoms with Gasteiger partial charge in [-0.05, 0) is 59.2 Å². The van der Waals surface area contributed by atoms with Gasteiger partial charge in [-0.1, -0.05) is 98.7 Å². The molecule has 0 aliphatic rings. The molecular formula is C28H30ClN3S. The van der Waals surface area contributed by atoms with Gasteiger partial charge in [0.25, 0.3) is 0 Å². The molecule has 0 N–H and O–H groups in total. The van der Waals surface area contributed by atoms with Crippen LogP contribution in [-0.4, -0.2) is 14.8 Å². The molecule has 0 amide bonds. The zero-order valence-electron chi connectivity index (χ0n) is 19.9. The molecule has 3 aromatic carbocycles. The van der Waals surface area contributed by atoms with Crippen molar-refractivity contribution in [2.24, 2.45) is 0 Å². The Morgan fingerprint density at radius 2 is 1.52 bits per heavy atom. The van der Waals surface area contributed by atoms with E-state index in [0.717, 1.165) is 22.3 Å². The Morgan fingerprint density at radius 3 is 2.15 bits per heavy atom. The molecule has 4 aromatic rings. The van der Waals surface area contributed by atoms with Crippen LogP contribution in [0.4, 0.5) is 0 Å². The van der Waals surface area contributed by atoms with Crippen molar-refractivity contribution in [2.45, 2.75) is 57.5 Å². The molecule has 3 nitrogen and oxygen atoms in total. The van der Waals surface area contributed by atoms with Gasteiger partial charge in [0.2, 0.25) is 0 Å². The minimum Gasteiger partial charge on any atom is -0.297 e. The molecule has 5 heteroatoms. The van der Waals surface area contributed by atoms with Crippen LogP contribution in [0.15, 0.2) is 71.9 Å². The van der Waals surface area contributed by atoms with Gasteiger partial charge in [0, 0.05) is 11.3 Å². The van der Waals surface area contributed by atoms with Crippen molar-refractivity contribution in [1.82, 2.24) is 14.8 Å². The Hall–Kier alpha value is -2.56. The second-order valence-electron chi connectivity index (χ2n) is 9.49. The Bertz CT molecular complexity index is 1230. The van der Waals surface area contributed by atoms with Crippen LogP contribution in [0, 0.1) is 13.8 Å². The summed E-state index contributed by atoms with van der Waals surface area (Å²) in [5.74, 6) is 1.64. The minimum absolute atomic E-state index is 0.140. The van der Waals surface area contributed by atoms with Gasteiger partial charge in [-0.2, -0.15) is 0 Å². The summed E-state index contributed by atoms with van der Waals surface area (Å²) in [6.07, 6.45) is 0. The van der Waals surface area contributed by atoms with Gasteiger partial charge in [0.15, 0.2) is 11.0 Å². The highest BCUT2D eigenvalue weighted by Gasteiger charge is 2.19. The fourth-order valence-corrected chi connectivity index (χ4v) is 5.29. The summed E-state index contributed by atoms with van der Waals surface area (Å²) in [5.41, 5.74) is 7.63. The lowest BCUT2D eigenvalue weighted by atomic mass is 9.84. The van der Waals surface area contributed by atoms with E-state index in [1.165, 1.54) is 27.8 Å². The Balaban J connectivity index is 1.68. The van der Waals surface area contributed by atoms with E-state index in [-0.39, 0.29) is 5.41 Å². The largest absolute Gasteiger partial charge is 0.297 e. The summed E-state index contributed by atoms with van der Waals surface area (Å²) in [5, 5.41) is 10.7. The molecule has 170 valence electrons. The van der Waals surface area contributed by atoms with Crippen LogP contribution in [0.3, 0.4) is 0 Å². The predicted octanol–water partition coefficient (Wildman–Crippen LogP) is 7.85. The fraction of sp³-hybridized carbons (Fsp3) is 0.286. The summed E-state index contributed by atoms with van der Waals surface area (Å²) in [6, 6.07) is 22.9. The molecule has 0 saturated heterocycles. The number of thioether (sulfide) groups is 1. The number of hydrogen-bond acceptors (Lipinski definition) is 3. The lowest BCUT2D eigenvalue weighted by Crippen LogP contribution is -2.12. The van der Waals surface area contributed by atoms with Crippen LogP contribution in [0.25, 0.3) is 11.4 Å². The lowest BCUT2D eigenvalue weighted by molar-refractivity contribution is 0.589. The summed E-state index contributed by atoms with van der Waals surface area (Å²) >= 11 is 8.25. The van der Waals surface area contributed by atoms with Crippen molar-refractivity contribution in [3.05, 3.63) is 99.6 Å². The molecule has 4 rings (SSSR count). The molecule has 0 radical (unpaired) electrons. The van der Waals surface area contributed by atoms with Crippen LogP contribution in [0.1, 0.15) is 48.6 Å². The first-order valence-corrected chi connectivity index (χ1v) is 12.6. The van der Waals surface area contributed by atoms with Gasteiger partial charge in [-0.25, -0.2) is 0 Å². The first kappa shape index (κ1) is 23.6. The minimum atomic E-state index is 0.140. The molecule has 0 unspecified atom stereocenters. The van der Waals surface area contributed by atoms with E-state index in [4.69, 9.17) is 11.6 Å². The molecular weight excluding hydrogens is 446 g/mol. The number of halogens is 1. The summed E-state index contributed by atoms with van der Waals surface area (Å²) < 4.78 is 2.18. The van der Waals surface area contributed by atoms with Crippen molar-refractivity contribution in [1.29, 1.82) is 0 Å². The van der Waals surface area contributed by atoms with E-state index < -0.39 is 0 Å². The van der Waals surface area contributed by atoms with Gasteiger partial charge in [-0.15, -0.1) is 10.2 Å². The topological polar surface area (TPSA) is 30.7 Å². The van der Waals surface area contributed by atoms with Crippen molar-refractivity contribution < 1.29 is 0 Å². The van der Waals surface area contributed by atoms with E-state index >= 15 is 0 Å². The zero-order chi connectivity index (χ0) is 23.6. The van der Waals surface area contributed by atoms with Gasteiger partial charge in [0.05, 0.1) is 11.6 Å². The number of nitrogens with zero attached hydrogens (tertiary/aromatic N) is 3. The molecule has 0 saturated carbocycles. The third-order valence-corrected chi connectivity index (χ3v) is 7.25. The monoisotopic (exact) mass is 475 g/mol. The van der Waals surface area contributed by atoms with Crippen LogP contribution in [0.5, 0.6) is 0 Å². The van der Waals surface area contributed by atoms with Crippen molar-refractivity contribution in [2.75, 3.05) is 0 Å². The van der Waals surface area contributed by atoms with Crippen molar-refractivity contribution in [3.8, 4) is 11.4 Å². The maximum Gasteiger partial charge on any atom is 0.192 e.